The van der Waals surface area contributed by atoms with Crippen LogP contribution in [0.25, 0.3) is 6.08 Å². The summed E-state index contributed by atoms with van der Waals surface area (Å²) in [4.78, 5) is 27.4. The summed E-state index contributed by atoms with van der Waals surface area (Å²) in [6.45, 7) is 0.436. The Morgan fingerprint density at radius 1 is 1.12 bits per heavy atom. The van der Waals surface area contributed by atoms with E-state index in [9.17, 15) is 9.59 Å². The highest BCUT2D eigenvalue weighted by atomic mass is 35.5. The Bertz CT molecular complexity index is 835. The van der Waals surface area contributed by atoms with Crippen molar-refractivity contribution in [1.29, 1.82) is 0 Å². The lowest BCUT2D eigenvalue weighted by Gasteiger charge is -2.13. The Morgan fingerprint density at radius 3 is 2.46 bits per heavy atom. The number of carbonyl (C=O) groups excluding carboxylic acids is 2. The number of carbonyl (C=O) groups is 2. The minimum absolute atomic E-state index is 0.204. The molecule has 0 spiro atoms. The van der Waals surface area contributed by atoms with E-state index in [1.165, 1.54) is 4.90 Å². The van der Waals surface area contributed by atoms with E-state index in [0.29, 0.717) is 15.7 Å². The van der Waals surface area contributed by atoms with Gasteiger partial charge in [0.05, 0.1) is 11.4 Å². The summed E-state index contributed by atoms with van der Waals surface area (Å²) in [6, 6.07) is 14.8. The van der Waals surface area contributed by atoms with Crippen molar-refractivity contribution in [1.82, 2.24) is 4.90 Å². The maximum absolute atomic E-state index is 12.5. The van der Waals surface area contributed by atoms with E-state index in [1.54, 1.807) is 42.1 Å². The Balaban J connectivity index is 1.60. The molecule has 26 heavy (non-hydrogen) atoms. The summed E-state index contributed by atoms with van der Waals surface area (Å²) in [7, 11) is 0. The van der Waals surface area contributed by atoms with Crippen molar-refractivity contribution in [3.8, 4) is 5.75 Å². The molecule has 134 valence electrons. The van der Waals surface area contributed by atoms with Crippen LogP contribution in [0.1, 0.15) is 5.56 Å². The fourth-order valence-corrected chi connectivity index (χ4v) is 3.73. The minimum atomic E-state index is -0.284. The third kappa shape index (κ3) is 4.63. The molecule has 4 nitrogen and oxygen atoms in total. The average Bonchev–Trinajstić information content (AvgIpc) is 2.91. The zero-order valence-corrected chi connectivity index (χ0v) is 16.4. The van der Waals surface area contributed by atoms with Crippen LogP contribution in [0, 0.1) is 0 Å². The third-order valence-electron chi connectivity index (χ3n) is 3.68. The lowest BCUT2D eigenvalue weighted by Crippen LogP contribution is -2.32. The molecule has 2 aromatic rings. The molecule has 1 saturated heterocycles. The molecule has 0 aliphatic carbocycles. The van der Waals surface area contributed by atoms with Gasteiger partial charge in [-0.15, -0.1) is 11.8 Å². The smallest absolute Gasteiger partial charge is 0.293 e. The first-order chi connectivity index (χ1) is 12.6. The van der Waals surface area contributed by atoms with Crippen molar-refractivity contribution in [2.24, 2.45) is 0 Å². The fraction of sp³-hybridized carbons (Fsp3) is 0.158. The van der Waals surface area contributed by atoms with E-state index >= 15 is 0 Å². The first kappa shape index (κ1) is 18.9. The summed E-state index contributed by atoms with van der Waals surface area (Å²) in [5.74, 6) is 0.361. The summed E-state index contributed by atoms with van der Waals surface area (Å²) >= 11 is 8.43. The number of amides is 2. The first-order valence-electron chi connectivity index (χ1n) is 7.84. The Labute approximate surface area is 165 Å². The molecule has 1 aliphatic rings. The van der Waals surface area contributed by atoms with E-state index in [4.69, 9.17) is 16.3 Å². The van der Waals surface area contributed by atoms with Gasteiger partial charge in [0.1, 0.15) is 12.4 Å². The van der Waals surface area contributed by atoms with Crippen LogP contribution in [0.2, 0.25) is 5.02 Å². The van der Waals surface area contributed by atoms with Gasteiger partial charge in [0.25, 0.3) is 11.1 Å². The molecule has 0 unspecified atom stereocenters. The van der Waals surface area contributed by atoms with Crippen molar-refractivity contribution in [3.63, 3.8) is 0 Å². The van der Waals surface area contributed by atoms with Gasteiger partial charge >= 0.3 is 0 Å². The van der Waals surface area contributed by atoms with Gasteiger partial charge in [0.2, 0.25) is 0 Å². The van der Waals surface area contributed by atoms with Crippen molar-refractivity contribution >= 4 is 52.3 Å². The maximum Gasteiger partial charge on any atom is 0.293 e. The number of hydrogen-bond acceptors (Lipinski definition) is 5. The number of benzene rings is 2. The molecule has 1 aliphatic heterocycles. The van der Waals surface area contributed by atoms with Gasteiger partial charge in [-0.3, -0.25) is 14.5 Å². The van der Waals surface area contributed by atoms with Crippen molar-refractivity contribution in [2.75, 3.05) is 19.4 Å². The molecule has 2 amide bonds. The summed E-state index contributed by atoms with van der Waals surface area (Å²) < 4.78 is 5.56. The largest absolute Gasteiger partial charge is 0.492 e. The van der Waals surface area contributed by atoms with Crippen LogP contribution in [0.15, 0.2) is 58.3 Å². The molecule has 0 radical (unpaired) electrons. The van der Waals surface area contributed by atoms with Crippen molar-refractivity contribution in [2.45, 2.75) is 4.90 Å². The van der Waals surface area contributed by atoms with Crippen LogP contribution in [-0.2, 0) is 4.79 Å². The van der Waals surface area contributed by atoms with Crippen molar-refractivity contribution < 1.29 is 14.3 Å². The van der Waals surface area contributed by atoms with Crippen molar-refractivity contribution in [3.05, 3.63) is 64.0 Å². The van der Waals surface area contributed by atoms with E-state index < -0.39 is 0 Å². The highest BCUT2D eigenvalue weighted by Gasteiger charge is 2.34. The van der Waals surface area contributed by atoms with Crippen LogP contribution >= 0.6 is 35.1 Å². The zero-order valence-electron chi connectivity index (χ0n) is 14.0. The molecule has 0 N–H and O–H groups in total. The van der Waals surface area contributed by atoms with E-state index in [1.807, 2.05) is 30.5 Å². The lowest BCUT2D eigenvalue weighted by molar-refractivity contribution is -0.123. The topological polar surface area (TPSA) is 46.6 Å². The van der Waals surface area contributed by atoms with Gasteiger partial charge in [0, 0.05) is 9.92 Å². The number of imide groups is 1. The lowest BCUT2D eigenvalue weighted by atomic mass is 10.2. The second-order valence-electron chi connectivity index (χ2n) is 5.41. The average molecular weight is 406 g/mol. The maximum atomic E-state index is 12.5. The zero-order chi connectivity index (χ0) is 18.5. The molecule has 7 heteroatoms. The van der Waals surface area contributed by atoms with Crippen LogP contribution in [0.3, 0.4) is 0 Å². The van der Waals surface area contributed by atoms with Gasteiger partial charge in [0.15, 0.2) is 0 Å². The Kier molecular flexibility index (Phi) is 6.29. The van der Waals surface area contributed by atoms with Gasteiger partial charge in [-0.1, -0.05) is 23.7 Å². The van der Waals surface area contributed by atoms with Gasteiger partial charge < -0.3 is 4.74 Å². The van der Waals surface area contributed by atoms with Gasteiger partial charge in [-0.2, -0.15) is 0 Å². The predicted molar refractivity (Wildman–Crippen MR) is 108 cm³/mol. The minimum Gasteiger partial charge on any atom is -0.492 e. The molecule has 0 atom stereocenters. The second kappa shape index (κ2) is 8.66. The molecular formula is C19H16ClNO3S2. The van der Waals surface area contributed by atoms with E-state index in [-0.39, 0.29) is 24.3 Å². The van der Waals surface area contributed by atoms with Crippen LogP contribution < -0.4 is 4.74 Å². The number of hydrogen-bond donors (Lipinski definition) is 0. The number of thioether (sulfide) groups is 2. The summed E-state index contributed by atoms with van der Waals surface area (Å²) in [6.07, 6.45) is 3.75. The second-order valence-corrected chi connectivity index (χ2v) is 7.72. The SMILES string of the molecule is CSc1ccc(/C=C2\SC(=O)N(CCOc3ccc(Cl)cc3)C2=O)cc1. The standard InChI is InChI=1S/C19H16ClNO3S2/c1-25-16-8-2-13(3-9-16)12-17-18(22)21(19(23)26-17)10-11-24-15-6-4-14(20)5-7-15/h2-9,12H,10-11H2,1H3/b17-12-. The predicted octanol–water partition coefficient (Wildman–Crippen LogP) is 5.18. The van der Waals surface area contributed by atoms with Gasteiger partial charge in [-0.25, -0.2) is 0 Å². The molecule has 3 rings (SSSR count). The number of rotatable bonds is 6. The highest BCUT2D eigenvalue weighted by Crippen LogP contribution is 2.32. The molecule has 2 aromatic carbocycles. The molecular weight excluding hydrogens is 390 g/mol. The Hall–Kier alpha value is -1.89. The summed E-state index contributed by atoms with van der Waals surface area (Å²) in [5.41, 5.74) is 0.894. The monoisotopic (exact) mass is 405 g/mol. The number of ether oxygens (including phenoxy) is 1. The normalized spacial score (nSPS) is 15.8. The van der Waals surface area contributed by atoms with Crippen LogP contribution in [0.5, 0.6) is 5.75 Å². The molecule has 1 heterocycles. The van der Waals surface area contributed by atoms with Crippen LogP contribution in [-0.4, -0.2) is 35.5 Å². The van der Waals surface area contributed by atoms with E-state index in [0.717, 1.165) is 22.2 Å². The van der Waals surface area contributed by atoms with E-state index in [2.05, 4.69) is 0 Å². The molecule has 0 bridgehead atoms. The highest BCUT2D eigenvalue weighted by molar-refractivity contribution is 8.18. The summed E-state index contributed by atoms with van der Waals surface area (Å²) in [5, 5.41) is 0.348. The van der Waals surface area contributed by atoms with Gasteiger partial charge in [-0.05, 0) is 66.1 Å². The quantitative estimate of drug-likeness (QED) is 0.489. The molecule has 1 fully saturated rings. The molecule has 0 aromatic heterocycles. The number of halogens is 1. The van der Waals surface area contributed by atoms with Crippen LogP contribution in [0.4, 0.5) is 4.79 Å². The molecule has 0 saturated carbocycles. The Morgan fingerprint density at radius 2 is 1.81 bits per heavy atom. The fourth-order valence-electron chi connectivity index (χ4n) is 2.33. The number of nitrogens with zero attached hydrogens (tertiary/aromatic N) is 1. The first-order valence-corrected chi connectivity index (χ1v) is 10.3. The third-order valence-corrected chi connectivity index (χ3v) is 5.59.